The monoisotopic (exact) mass is 231 g/mol. The van der Waals surface area contributed by atoms with Gasteiger partial charge in [-0.2, -0.15) is 0 Å². The van der Waals surface area contributed by atoms with Crippen molar-refractivity contribution in [2.45, 2.75) is 20.3 Å². The van der Waals surface area contributed by atoms with Crippen LogP contribution in [0.1, 0.15) is 18.2 Å². The molecule has 0 saturated heterocycles. The number of hydrogen-bond acceptors (Lipinski definition) is 3. The van der Waals surface area contributed by atoms with Gasteiger partial charge in [-0.15, -0.1) is 0 Å². The summed E-state index contributed by atoms with van der Waals surface area (Å²) in [6.07, 6.45) is 0.772. The summed E-state index contributed by atoms with van der Waals surface area (Å²) in [5.74, 6) is -0.0520. The summed E-state index contributed by atoms with van der Waals surface area (Å²) in [5.41, 5.74) is 8.90. The first-order valence-electron chi connectivity index (χ1n) is 5.50. The molecule has 0 spiro atoms. The van der Waals surface area contributed by atoms with Crippen LogP contribution in [0.5, 0.6) is 0 Å². The fourth-order valence-electron chi connectivity index (χ4n) is 1.71. The average Bonchev–Trinajstić information content (AvgIpc) is 2.31. The van der Waals surface area contributed by atoms with E-state index in [1.807, 2.05) is 19.9 Å². The number of aryl methyl sites for hydroxylation is 2. The number of nitrogen functional groups attached to an aromatic ring is 1. The first kappa shape index (κ1) is 11.5. The van der Waals surface area contributed by atoms with E-state index >= 15 is 0 Å². The van der Waals surface area contributed by atoms with Crippen LogP contribution in [0.3, 0.4) is 0 Å². The Morgan fingerprint density at radius 3 is 2.71 bits per heavy atom. The van der Waals surface area contributed by atoms with Gasteiger partial charge in [0.1, 0.15) is 5.82 Å². The molecule has 4 heteroatoms. The molecule has 0 fully saturated rings. The lowest BCUT2D eigenvalue weighted by atomic mass is 10.0. The minimum atomic E-state index is -0.277. The van der Waals surface area contributed by atoms with Crippen molar-refractivity contribution in [3.63, 3.8) is 0 Å². The molecule has 0 aliphatic rings. The van der Waals surface area contributed by atoms with Crippen molar-refractivity contribution in [2.24, 2.45) is 0 Å². The molecule has 0 atom stereocenters. The fraction of sp³-hybridized carbons (Fsp3) is 0.231. The van der Waals surface area contributed by atoms with Gasteiger partial charge in [0, 0.05) is 11.3 Å². The van der Waals surface area contributed by atoms with E-state index in [0.717, 1.165) is 23.2 Å². The van der Waals surface area contributed by atoms with Crippen LogP contribution in [0.2, 0.25) is 0 Å². The topological polar surface area (TPSA) is 51.8 Å². The zero-order valence-electron chi connectivity index (χ0n) is 9.87. The second-order valence-electron chi connectivity index (χ2n) is 3.92. The third kappa shape index (κ3) is 2.41. The Kier molecular flexibility index (Phi) is 3.04. The predicted molar refractivity (Wildman–Crippen MR) is 66.0 cm³/mol. The van der Waals surface area contributed by atoms with Gasteiger partial charge in [-0.3, -0.25) is 0 Å². The third-order valence-electron chi connectivity index (χ3n) is 2.63. The zero-order valence-corrected chi connectivity index (χ0v) is 9.87. The summed E-state index contributed by atoms with van der Waals surface area (Å²) in [7, 11) is 0. The first-order chi connectivity index (χ1) is 8.10. The number of benzene rings is 1. The number of hydrogen-bond donors (Lipinski definition) is 1. The molecule has 0 saturated carbocycles. The summed E-state index contributed by atoms with van der Waals surface area (Å²) in [4.78, 5) is 8.26. The van der Waals surface area contributed by atoms with Gasteiger partial charge in [0.2, 0.25) is 5.95 Å². The summed E-state index contributed by atoms with van der Waals surface area (Å²) in [6, 6.07) is 6.48. The Morgan fingerprint density at radius 2 is 2.00 bits per heavy atom. The Bertz CT molecular complexity index is 552. The normalized spacial score (nSPS) is 10.5. The number of anilines is 1. The van der Waals surface area contributed by atoms with Gasteiger partial charge in [0.05, 0.1) is 5.69 Å². The highest BCUT2D eigenvalue weighted by Crippen LogP contribution is 2.23. The van der Waals surface area contributed by atoms with Crippen molar-refractivity contribution < 1.29 is 4.39 Å². The molecule has 0 aliphatic heterocycles. The quantitative estimate of drug-likeness (QED) is 0.864. The van der Waals surface area contributed by atoms with Crippen LogP contribution in [-0.2, 0) is 6.42 Å². The highest BCUT2D eigenvalue weighted by molar-refractivity contribution is 5.64. The number of halogens is 1. The van der Waals surface area contributed by atoms with Crippen molar-refractivity contribution in [2.75, 3.05) is 5.73 Å². The van der Waals surface area contributed by atoms with Gasteiger partial charge >= 0.3 is 0 Å². The van der Waals surface area contributed by atoms with Gasteiger partial charge in [-0.05, 0) is 37.1 Å². The summed E-state index contributed by atoms with van der Waals surface area (Å²) >= 11 is 0. The number of rotatable bonds is 2. The molecule has 88 valence electrons. The molecule has 1 aromatic heterocycles. The van der Waals surface area contributed by atoms with Crippen molar-refractivity contribution in [1.82, 2.24) is 9.97 Å². The van der Waals surface area contributed by atoms with Gasteiger partial charge in [0.15, 0.2) is 0 Å². The van der Waals surface area contributed by atoms with Crippen LogP contribution in [0.4, 0.5) is 10.3 Å². The predicted octanol–water partition coefficient (Wildman–Crippen LogP) is 2.74. The molecular weight excluding hydrogens is 217 g/mol. The molecule has 1 aromatic carbocycles. The molecule has 0 bridgehead atoms. The van der Waals surface area contributed by atoms with Crippen molar-refractivity contribution in [3.05, 3.63) is 41.3 Å². The van der Waals surface area contributed by atoms with E-state index in [9.17, 15) is 4.39 Å². The minimum Gasteiger partial charge on any atom is -0.368 e. The second kappa shape index (κ2) is 4.49. The highest BCUT2D eigenvalue weighted by atomic mass is 19.1. The molecule has 17 heavy (non-hydrogen) atoms. The maximum Gasteiger partial charge on any atom is 0.220 e. The molecular formula is C13H14FN3. The van der Waals surface area contributed by atoms with Crippen molar-refractivity contribution >= 4 is 5.95 Å². The molecule has 3 nitrogen and oxygen atoms in total. The maximum absolute atomic E-state index is 13.2. The summed E-state index contributed by atoms with van der Waals surface area (Å²) in [6.45, 7) is 3.91. The van der Waals surface area contributed by atoms with E-state index in [4.69, 9.17) is 5.73 Å². The molecule has 0 unspecified atom stereocenters. The maximum atomic E-state index is 13.2. The van der Waals surface area contributed by atoms with E-state index in [-0.39, 0.29) is 11.8 Å². The average molecular weight is 231 g/mol. The van der Waals surface area contributed by atoms with Crippen LogP contribution in [-0.4, -0.2) is 9.97 Å². The van der Waals surface area contributed by atoms with Crippen LogP contribution in [0.25, 0.3) is 11.3 Å². The van der Waals surface area contributed by atoms with E-state index in [1.54, 1.807) is 6.07 Å². The number of aromatic nitrogens is 2. The van der Waals surface area contributed by atoms with E-state index < -0.39 is 0 Å². The highest BCUT2D eigenvalue weighted by Gasteiger charge is 2.07. The Labute approximate surface area is 99.5 Å². The van der Waals surface area contributed by atoms with E-state index in [1.165, 1.54) is 12.1 Å². The van der Waals surface area contributed by atoms with Crippen LogP contribution in [0.15, 0.2) is 24.3 Å². The van der Waals surface area contributed by atoms with E-state index in [2.05, 4.69) is 9.97 Å². The lowest BCUT2D eigenvalue weighted by Crippen LogP contribution is -2.01. The summed E-state index contributed by atoms with van der Waals surface area (Å²) in [5, 5.41) is 0. The fourth-order valence-corrected chi connectivity index (χ4v) is 1.71. The van der Waals surface area contributed by atoms with Crippen LogP contribution >= 0.6 is 0 Å². The Balaban J connectivity index is 2.59. The van der Waals surface area contributed by atoms with E-state index in [0.29, 0.717) is 5.69 Å². The smallest absolute Gasteiger partial charge is 0.220 e. The van der Waals surface area contributed by atoms with Crippen LogP contribution < -0.4 is 5.73 Å². The number of nitrogens with two attached hydrogens (primary N) is 1. The number of nitrogens with zero attached hydrogens (tertiary/aromatic N) is 2. The molecule has 0 amide bonds. The second-order valence-corrected chi connectivity index (χ2v) is 3.92. The molecule has 2 aromatic rings. The van der Waals surface area contributed by atoms with Crippen molar-refractivity contribution in [1.29, 1.82) is 0 Å². The third-order valence-corrected chi connectivity index (χ3v) is 2.63. The first-order valence-corrected chi connectivity index (χ1v) is 5.50. The van der Waals surface area contributed by atoms with Gasteiger partial charge in [-0.25, -0.2) is 14.4 Å². The van der Waals surface area contributed by atoms with Gasteiger partial charge < -0.3 is 5.73 Å². The molecule has 2 N–H and O–H groups in total. The van der Waals surface area contributed by atoms with Crippen LogP contribution in [0, 0.1) is 12.7 Å². The zero-order chi connectivity index (χ0) is 12.4. The lowest BCUT2D eigenvalue weighted by molar-refractivity contribution is 0.628. The minimum absolute atomic E-state index is 0.225. The SMILES string of the molecule is CCc1cc(-c2cc(F)ccc2C)nc(N)n1. The molecule has 1 heterocycles. The van der Waals surface area contributed by atoms with Crippen molar-refractivity contribution in [3.8, 4) is 11.3 Å². The van der Waals surface area contributed by atoms with Gasteiger partial charge in [-0.1, -0.05) is 13.0 Å². The Morgan fingerprint density at radius 1 is 1.24 bits per heavy atom. The molecule has 2 rings (SSSR count). The molecule has 0 aliphatic carbocycles. The van der Waals surface area contributed by atoms with Gasteiger partial charge in [0.25, 0.3) is 0 Å². The standard InChI is InChI=1S/C13H14FN3/c1-3-10-7-12(17-13(15)16-10)11-6-9(14)5-4-8(11)2/h4-7H,3H2,1-2H3,(H2,15,16,17). The summed E-state index contributed by atoms with van der Waals surface area (Å²) < 4.78 is 13.2. The largest absolute Gasteiger partial charge is 0.368 e. The molecule has 0 radical (unpaired) electrons. The lowest BCUT2D eigenvalue weighted by Gasteiger charge is -2.07. The Hall–Kier alpha value is -1.97.